The molecule has 2 rings (SSSR count). The van der Waals surface area contributed by atoms with Crippen molar-refractivity contribution >= 4 is 6.09 Å². The number of alkyl halides is 3. The Labute approximate surface area is 120 Å². The minimum atomic E-state index is -4.49. The van der Waals surface area contributed by atoms with Gasteiger partial charge in [-0.25, -0.2) is 4.79 Å². The molecule has 1 aromatic rings. The van der Waals surface area contributed by atoms with E-state index in [1.54, 1.807) is 12.4 Å². The van der Waals surface area contributed by atoms with Crippen molar-refractivity contribution in [3.05, 3.63) is 30.1 Å². The Kier molecular flexibility index (Phi) is 5.00. The molecule has 5 nitrogen and oxygen atoms in total. The van der Waals surface area contributed by atoms with Gasteiger partial charge in [0.2, 0.25) is 0 Å². The van der Waals surface area contributed by atoms with Gasteiger partial charge >= 0.3 is 12.3 Å². The fourth-order valence-electron chi connectivity index (χ4n) is 2.07. The van der Waals surface area contributed by atoms with E-state index in [9.17, 15) is 18.0 Å². The lowest BCUT2D eigenvalue weighted by Gasteiger charge is -2.34. The zero-order valence-corrected chi connectivity index (χ0v) is 11.3. The molecule has 0 bridgehead atoms. The number of nitrogens with zero attached hydrogens (tertiary/aromatic N) is 3. The number of amides is 1. The molecular weight excluding hydrogens is 287 g/mol. The Hall–Kier alpha value is -1.83. The molecule has 0 atom stereocenters. The number of piperazine rings is 1. The summed E-state index contributed by atoms with van der Waals surface area (Å²) >= 11 is 0. The number of carbonyl (C=O) groups excluding carboxylic acids is 1. The van der Waals surface area contributed by atoms with Gasteiger partial charge in [-0.3, -0.25) is 9.88 Å². The van der Waals surface area contributed by atoms with Gasteiger partial charge in [-0.1, -0.05) is 6.07 Å². The van der Waals surface area contributed by atoms with Crippen molar-refractivity contribution in [3.63, 3.8) is 0 Å². The molecule has 0 radical (unpaired) electrons. The average Bonchev–Trinajstić information content (AvgIpc) is 2.46. The van der Waals surface area contributed by atoms with Crippen LogP contribution < -0.4 is 0 Å². The van der Waals surface area contributed by atoms with E-state index in [-0.39, 0.29) is 0 Å². The maximum Gasteiger partial charge on any atom is 0.422 e. The van der Waals surface area contributed by atoms with E-state index in [4.69, 9.17) is 0 Å². The van der Waals surface area contributed by atoms with Crippen LogP contribution >= 0.6 is 0 Å². The van der Waals surface area contributed by atoms with Crippen LogP contribution in [0.25, 0.3) is 0 Å². The fourth-order valence-corrected chi connectivity index (χ4v) is 2.07. The zero-order chi connectivity index (χ0) is 15.3. The van der Waals surface area contributed by atoms with E-state index >= 15 is 0 Å². The molecule has 0 unspecified atom stereocenters. The Morgan fingerprint density at radius 2 is 2.00 bits per heavy atom. The quantitative estimate of drug-likeness (QED) is 0.855. The number of ether oxygens (including phenoxy) is 1. The number of halogens is 3. The summed E-state index contributed by atoms with van der Waals surface area (Å²) < 4.78 is 40.2. The first-order valence-corrected chi connectivity index (χ1v) is 6.54. The first-order valence-electron chi connectivity index (χ1n) is 6.54. The minimum Gasteiger partial charge on any atom is -0.440 e. The van der Waals surface area contributed by atoms with Crippen LogP contribution in [0.4, 0.5) is 18.0 Å². The van der Waals surface area contributed by atoms with E-state index in [0.717, 1.165) is 5.56 Å². The van der Waals surface area contributed by atoms with Crippen molar-refractivity contribution in [3.8, 4) is 0 Å². The Bertz CT molecular complexity index is 459. The average molecular weight is 303 g/mol. The Balaban J connectivity index is 1.74. The van der Waals surface area contributed by atoms with Crippen LogP contribution in [0.15, 0.2) is 24.5 Å². The first kappa shape index (κ1) is 15.6. The van der Waals surface area contributed by atoms with Crippen LogP contribution in [0.1, 0.15) is 5.56 Å². The van der Waals surface area contributed by atoms with E-state index in [0.29, 0.717) is 32.7 Å². The second-order valence-corrected chi connectivity index (χ2v) is 4.79. The van der Waals surface area contributed by atoms with E-state index in [1.165, 1.54) is 4.90 Å². The van der Waals surface area contributed by atoms with E-state index in [2.05, 4.69) is 14.6 Å². The number of aromatic nitrogens is 1. The number of rotatable bonds is 3. The molecule has 2 heterocycles. The lowest BCUT2D eigenvalue weighted by atomic mass is 10.2. The molecule has 1 saturated heterocycles. The number of hydrogen-bond acceptors (Lipinski definition) is 4. The van der Waals surface area contributed by atoms with Gasteiger partial charge in [-0.05, 0) is 11.6 Å². The Morgan fingerprint density at radius 1 is 1.29 bits per heavy atom. The van der Waals surface area contributed by atoms with Crippen molar-refractivity contribution in [2.75, 3.05) is 32.8 Å². The lowest BCUT2D eigenvalue weighted by Crippen LogP contribution is -2.48. The molecule has 1 aliphatic heterocycles. The lowest BCUT2D eigenvalue weighted by molar-refractivity contribution is -0.162. The molecule has 1 aromatic heterocycles. The van der Waals surface area contributed by atoms with Gasteiger partial charge in [0.05, 0.1) is 0 Å². The van der Waals surface area contributed by atoms with Gasteiger partial charge in [0, 0.05) is 45.1 Å². The predicted molar refractivity (Wildman–Crippen MR) is 68.5 cm³/mol. The van der Waals surface area contributed by atoms with E-state index < -0.39 is 18.9 Å². The number of hydrogen-bond donors (Lipinski definition) is 0. The largest absolute Gasteiger partial charge is 0.440 e. The van der Waals surface area contributed by atoms with E-state index in [1.807, 2.05) is 12.1 Å². The van der Waals surface area contributed by atoms with Gasteiger partial charge in [0.15, 0.2) is 6.61 Å². The third kappa shape index (κ3) is 5.22. The molecule has 1 fully saturated rings. The van der Waals surface area contributed by atoms with Gasteiger partial charge in [-0.2, -0.15) is 13.2 Å². The normalized spacial score (nSPS) is 16.8. The van der Waals surface area contributed by atoms with Crippen LogP contribution in [0.3, 0.4) is 0 Å². The maximum atomic E-state index is 12.0. The molecule has 1 aliphatic rings. The topological polar surface area (TPSA) is 45.7 Å². The number of pyridine rings is 1. The van der Waals surface area contributed by atoms with Gasteiger partial charge < -0.3 is 9.64 Å². The van der Waals surface area contributed by atoms with Gasteiger partial charge in [0.1, 0.15) is 0 Å². The summed E-state index contributed by atoms with van der Waals surface area (Å²) in [5.74, 6) is 0. The second-order valence-electron chi connectivity index (χ2n) is 4.79. The number of carbonyl (C=O) groups is 1. The highest BCUT2D eigenvalue weighted by atomic mass is 19.4. The molecule has 0 saturated carbocycles. The summed E-state index contributed by atoms with van der Waals surface area (Å²) in [5.41, 5.74) is 1.06. The predicted octanol–water partition coefficient (Wildman–Crippen LogP) is 1.90. The van der Waals surface area contributed by atoms with Gasteiger partial charge in [0.25, 0.3) is 0 Å². The maximum absolute atomic E-state index is 12.0. The molecule has 0 aliphatic carbocycles. The second kappa shape index (κ2) is 6.75. The van der Waals surface area contributed by atoms with Crippen molar-refractivity contribution in [2.45, 2.75) is 12.7 Å². The van der Waals surface area contributed by atoms with Crippen molar-refractivity contribution in [2.24, 2.45) is 0 Å². The monoisotopic (exact) mass is 303 g/mol. The zero-order valence-electron chi connectivity index (χ0n) is 11.3. The molecule has 8 heteroatoms. The molecule has 21 heavy (non-hydrogen) atoms. The summed E-state index contributed by atoms with van der Waals surface area (Å²) in [6.45, 7) is 1.07. The van der Waals surface area contributed by atoms with Crippen LogP contribution in [0.5, 0.6) is 0 Å². The van der Waals surface area contributed by atoms with Crippen molar-refractivity contribution in [1.29, 1.82) is 0 Å². The van der Waals surface area contributed by atoms with Crippen LogP contribution in [-0.2, 0) is 11.3 Å². The fraction of sp³-hybridized carbons (Fsp3) is 0.538. The molecule has 116 valence electrons. The first-order chi connectivity index (χ1) is 9.94. The highest BCUT2D eigenvalue weighted by molar-refractivity contribution is 5.67. The van der Waals surface area contributed by atoms with Crippen molar-refractivity contribution < 1.29 is 22.7 Å². The summed E-state index contributed by atoms with van der Waals surface area (Å²) in [5, 5.41) is 0. The van der Waals surface area contributed by atoms with Gasteiger partial charge in [-0.15, -0.1) is 0 Å². The summed E-state index contributed by atoms with van der Waals surface area (Å²) in [6, 6.07) is 3.80. The Morgan fingerprint density at radius 3 is 2.57 bits per heavy atom. The van der Waals surface area contributed by atoms with Crippen molar-refractivity contribution in [1.82, 2.24) is 14.8 Å². The smallest absolute Gasteiger partial charge is 0.422 e. The SMILES string of the molecule is O=C(OCC(F)(F)F)N1CCN(Cc2cccnc2)CC1. The molecular formula is C13H16F3N3O2. The van der Waals surface area contributed by atoms with Crippen LogP contribution in [-0.4, -0.2) is 59.8 Å². The van der Waals surface area contributed by atoms with Crippen LogP contribution in [0.2, 0.25) is 0 Å². The minimum absolute atomic E-state index is 0.358. The third-order valence-electron chi connectivity index (χ3n) is 3.12. The summed E-state index contributed by atoms with van der Waals surface area (Å²) in [6.07, 6.45) is -1.94. The summed E-state index contributed by atoms with van der Waals surface area (Å²) in [4.78, 5) is 18.9. The third-order valence-corrected chi connectivity index (χ3v) is 3.12. The molecule has 0 spiro atoms. The highest BCUT2D eigenvalue weighted by Gasteiger charge is 2.31. The molecule has 0 aromatic carbocycles. The highest BCUT2D eigenvalue weighted by Crippen LogP contribution is 2.15. The van der Waals surface area contributed by atoms with Crippen LogP contribution in [0, 0.1) is 0 Å². The summed E-state index contributed by atoms with van der Waals surface area (Å²) in [7, 11) is 0. The standard InChI is InChI=1S/C13H16F3N3O2/c14-13(15,16)10-21-12(20)19-6-4-18(5-7-19)9-11-2-1-3-17-8-11/h1-3,8H,4-7,9-10H2. The molecule has 1 amide bonds. The molecule has 0 N–H and O–H groups in total.